The number of rotatable bonds is 5. The lowest BCUT2D eigenvalue weighted by atomic mass is 9.91. The molecule has 1 fully saturated rings. The largest absolute Gasteiger partial charge is 0.381 e. The number of hydrogen-bond donors (Lipinski definition) is 2. The van der Waals surface area contributed by atoms with E-state index in [-0.39, 0.29) is 17.9 Å². The molecule has 3 rings (SSSR count). The molecule has 1 aliphatic rings. The Bertz CT molecular complexity index is 748. The smallest absolute Gasteiger partial charge is 0.237 e. The molecule has 1 saturated heterocycles. The number of nitrogens with two attached hydrogens (primary N) is 1. The predicted octanol–water partition coefficient (Wildman–Crippen LogP) is 2.42. The van der Waals surface area contributed by atoms with Gasteiger partial charge in [-0.2, -0.15) is 5.10 Å². The molecule has 2 aromatic rings. The normalized spacial score (nSPS) is 17.7. The Labute approximate surface area is 154 Å². The van der Waals surface area contributed by atoms with Crippen molar-refractivity contribution in [2.45, 2.75) is 45.7 Å². The maximum atomic E-state index is 12.5. The molecule has 1 aromatic carbocycles. The van der Waals surface area contributed by atoms with E-state index in [1.807, 2.05) is 49.7 Å². The van der Waals surface area contributed by atoms with Crippen molar-refractivity contribution in [3.8, 4) is 5.69 Å². The van der Waals surface area contributed by atoms with Crippen molar-refractivity contribution in [3.63, 3.8) is 0 Å². The molecule has 26 heavy (non-hydrogen) atoms. The third-order valence-corrected chi connectivity index (χ3v) is 5.08. The van der Waals surface area contributed by atoms with Crippen molar-refractivity contribution in [2.75, 3.05) is 13.2 Å². The highest BCUT2D eigenvalue weighted by molar-refractivity contribution is 5.82. The highest BCUT2D eigenvalue weighted by atomic mass is 16.5. The van der Waals surface area contributed by atoms with E-state index in [4.69, 9.17) is 10.5 Å². The van der Waals surface area contributed by atoms with Gasteiger partial charge in [0.25, 0.3) is 0 Å². The zero-order chi connectivity index (χ0) is 18.7. The van der Waals surface area contributed by atoms with Gasteiger partial charge >= 0.3 is 0 Å². The fourth-order valence-electron chi connectivity index (χ4n) is 3.48. The van der Waals surface area contributed by atoms with Crippen molar-refractivity contribution in [2.24, 2.45) is 11.7 Å². The van der Waals surface area contributed by atoms with E-state index in [9.17, 15) is 4.79 Å². The number of benzene rings is 1. The highest BCUT2D eigenvalue weighted by Crippen LogP contribution is 2.20. The summed E-state index contributed by atoms with van der Waals surface area (Å²) in [6, 6.07) is 9.58. The van der Waals surface area contributed by atoms with Gasteiger partial charge in [0, 0.05) is 18.9 Å². The molecule has 0 saturated carbocycles. The molecule has 2 heterocycles. The Morgan fingerprint density at radius 2 is 1.92 bits per heavy atom. The second-order valence-electron chi connectivity index (χ2n) is 7.14. The summed E-state index contributed by atoms with van der Waals surface area (Å²) in [7, 11) is 0. The lowest BCUT2D eigenvalue weighted by Crippen LogP contribution is -2.47. The Hall–Kier alpha value is -2.18. The van der Waals surface area contributed by atoms with Crippen LogP contribution in [0, 0.1) is 19.8 Å². The number of nitrogens with zero attached hydrogens (tertiary/aromatic N) is 2. The van der Waals surface area contributed by atoms with Crippen molar-refractivity contribution in [1.82, 2.24) is 15.1 Å². The maximum Gasteiger partial charge on any atom is 0.237 e. The van der Waals surface area contributed by atoms with Crippen LogP contribution in [0.4, 0.5) is 0 Å². The summed E-state index contributed by atoms with van der Waals surface area (Å²) in [6.07, 6.45) is 1.70. The number of hydrogen-bond acceptors (Lipinski definition) is 4. The molecular formula is C20H28N4O2. The predicted molar refractivity (Wildman–Crippen MR) is 101 cm³/mol. The first kappa shape index (κ1) is 18.6. The van der Waals surface area contributed by atoms with Gasteiger partial charge in [-0.15, -0.1) is 0 Å². The second-order valence-corrected chi connectivity index (χ2v) is 7.14. The summed E-state index contributed by atoms with van der Waals surface area (Å²) in [5.74, 6) is 0.108. The Kier molecular flexibility index (Phi) is 5.74. The first-order chi connectivity index (χ1) is 12.5. The third kappa shape index (κ3) is 4.14. The molecule has 0 bridgehead atoms. The molecule has 0 aliphatic carbocycles. The summed E-state index contributed by atoms with van der Waals surface area (Å²) in [6.45, 7) is 7.38. The molecule has 0 spiro atoms. The molecule has 0 radical (unpaired) electrons. The number of aryl methyl sites for hydroxylation is 2. The minimum atomic E-state index is -0.477. The Balaban J connectivity index is 1.63. The minimum absolute atomic E-state index is 0.0907. The molecule has 2 atom stereocenters. The van der Waals surface area contributed by atoms with Crippen LogP contribution in [0.5, 0.6) is 0 Å². The number of carbonyl (C=O) groups excluding carboxylic acids is 1. The van der Waals surface area contributed by atoms with Crippen LogP contribution in [0.15, 0.2) is 30.3 Å². The summed E-state index contributed by atoms with van der Waals surface area (Å²) in [4.78, 5) is 12.5. The van der Waals surface area contributed by atoms with Crippen molar-refractivity contribution < 1.29 is 9.53 Å². The van der Waals surface area contributed by atoms with E-state index < -0.39 is 6.04 Å². The highest BCUT2D eigenvalue weighted by Gasteiger charge is 2.27. The van der Waals surface area contributed by atoms with Crippen molar-refractivity contribution in [3.05, 3.63) is 47.3 Å². The summed E-state index contributed by atoms with van der Waals surface area (Å²) >= 11 is 0. The van der Waals surface area contributed by atoms with E-state index in [0.717, 1.165) is 35.5 Å². The zero-order valence-corrected chi connectivity index (χ0v) is 15.7. The molecule has 1 amide bonds. The summed E-state index contributed by atoms with van der Waals surface area (Å²) in [5.41, 5.74) is 10.3. The quantitative estimate of drug-likeness (QED) is 0.862. The first-order valence-corrected chi connectivity index (χ1v) is 9.23. The van der Waals surface area contributed by atoms with Gasteiger partial charge in [-0.05, 0) is 63.3 Å². The van der Waals surface area contributed by atoms with Crippen molar-refractivity contribution in [1.29, 1.82) is 0 Å². The van der Waals surface area contributed by atoms with E-state index in [0.29, 0.717) is 13.2 Å². The van der Waals surface area contributed by atoms with Gasteiger partial charge < -0.3 is 15.8 Å². The Morgan fingerprint density at radius 1 is 1.27 bits per heavy atom. The fourth-order valence-corrected chi connectivity index (χ4v) is 3.48. The molecule has 1 aromatic heterocycles. The molecule has 2 unspecified atom stereocenters. The van der Waals surface area contributed by atoms with Crippen LogP contribution in [-0.4, -0.2) is 34.9 Å². The van der Waals surface area contributed by atoms with E-state index in [1.165, 1.54) is 0 Å². The minimum Gasteiger partial charge on any atom is -0.381 e. The lowest BCUT2D eigenvalue weighted by Gasteiger charge is -2.28. The van der Waals surface area contributed by atoms with Crippen LogP contribution < -0.4 is 11.1 Å². The zero-order valence-electron chi connectivity index (χ0n) is 15.7. The molecule has 140 valence electrons. The summed E-state index contributed by atoms with van der Waals surface area (Å²) in [5, 5.41) is 7.54. The van der Waals surface area contributed by atoms with Gasteiger partial charge in [-0.3, -0.25) is 4.79 Å². The van der Waals surface area contributed by atoms with Gasteiger partial charge in [0.2, 0.25) is 5.91 Å². The van der Waals surface area contributed by atoms with E-state index in [1.54, 1.807) is 0 Å². The first-order valence-electron chi connectivity index (χ1n) is 9.23. The van der Waals surface area contributed by atoms with Gasteiger partial charge in [0.05, 0.1) is 23.5 Å². The van der Waals surface area contributed by atoms with Gasteiger partial charge in [-0.1, -0.05) is 12.1 Å². The number of nitrogens with one attached hydrogen (secondary N) is 1. The second kappa shape index (κ2) is 8.01. The van der Waals surface area contributed by atoms with Crippen LogP contribution in [0.2, 0.25) is 0 Å². The lowest BCUT2D eigenvalue weighted by molar-refractivity contribution is -0.125. The molecule has 1 aliphatic heterocycles. The van der Waals surface area contributed by atoms with Crippen LogP contribution in [-0.2, 0) is 9.53 Å². The van der Waals surface area contributed by atoms with Crippen molar-refractivity contribution >= 4 is 5.91 Å². The van der Waals surface area contributed by atoms with Crippen LogP contribution >= 0.6 is 0 Å². The monoisotopic (exact) mass is 356 g/mol. The van der Waals surface area contributed by atoms with E-state index >= 15 is 0 Å². The third-order valence-electron chi connectivity index (χ3n) is 5.08. The number of aromatic nitrogens is 2. The average Bonchev–Trinajstić information content (AvgIpc) is 3.00. The van der Waals surface area contributed by atoms with Gasteiger partial charge in [0.15, 0.2) is 0 Å². The van der Waals surface area contributed by atoms with Crippen LogP contribution in [0.25, 0.3) is 5.69 Å². The molecule has 3 N–H and O–H groups in total. The average molecular weight is 356 g/mol. The van der Waals surface area contributed by atoms with E-state index in [2.05, 4.69) is 16.5 Å². The maximum absolute atomic E-state index is 12.5. The topological polar surface area (TPSA) is 82.2 Å². The molecular weight excluding hydrogens is 328 g/mol. The van der Waals surface area contributed by atoms with Gasteiger partial charge in [0.1, 0.15) is 0 Å². The fraction of sp³-hybridized carbons (Fsp3) is 0.500. The molecule has 6 heteroatoms. The summed E-state index contributed by atoms with van der Waals surface area (Å²) < 4.78 is 7.26. The van der Waals surface area contributed by atoms with Crippen LogP contribution in [0.1, 0.15) is 42.8 Å². The number of ether oxygens (including phenoxy) is 1. The van der Waals surface area contributed by atoms with Crippen LogP contribution in [0.3, 0.4) is 0 Å². The number of carbonyl (C=O) groups is 1. The number of amides is 1. The molecule has 6 nitrogen and oxygen atoms in total. The van der Waals surface area contributed by atoms with Gasteiger partial charge in [-0.25, -0.2) is 4.68 Å². The Morgan fingerprint density at radius 3 is 2.50 bits per heavy atom. The standard InChI is InChI=1S/C20H28N4O2/c1-13-12-14(2)24(23-13)18-6-4-16(5-7-18)15(3)22-20(25)19(21)17-8-10-26-11-9-17/h4-7,12,15,17,19H,8-11,21H2,1-3H3,(H,22,25). The SMILES string of the molecule is Cc1cc(C)n(-c2ccc(C(C)NC(=O)C(N)C3CCOCC3)cc2)n1.